The lowest BCUT2D eigenvalue weighted by atomic mass is 10.00. The van der Waals surface area contributed by atoms with E-state index >= 15 is 0 Å². The van der Waals surface area contributed by atoms with E-state index in [-0.39, 0.29) is 129 Å². The number of Topliss-reactive ketones (excluding diaryl/α,β-unsaturated/α-hetero) is 2. The fraction of sp³-hybridized carbons (Fsp3) is 0.324. The van der Waals surface area contributed by atoms with Gasteiger partial charge in [0.05, 0.1) is 40.7 Å². The third kappa shape index (κ3) is 14.7. The van der Waals surface area contributed by atoms with Gasteiger partial charge in [0.25, 0.3) is 24.2 Å². The normalized spacial score (nSPS) is 16.7. The highest BCUT2D eigenvalue weighted by molar-refractivity contribution is 8.00. The van der Waals surface area contributed by atoms with E-state index in [1.165, 1.54) is 38.1 Å². The van der Waals surface area contributed by atoms with Gasteiger partial charge in [0.15, 0.2) is 17.8 Å². The number of amides is 7. The van der Waals surface area contributed by atoms with Crippen molar-refractivity contribution >= 4 is 105 Å². The SMILES string of the molecule is C=C1C[C@H]2[C@H](O)N(C(=O)OCc3ccc(CC(=O)[C@H](C)NC(=O)[C@H](C)CC(=O)CCN4C(=O)CC(SC)C4=O)cc3)c3cc(OCCCC(=O)Nc4cn(C)c(C(=O)Nc5ccc(-c6cc(C(=O)n7ccc8cc(OC=O)ccc87)n(C)c6)cc5)n4)c(C)cc3C(=O)N2C1. The Labute approximate surface area is 544 Å². The largest absolute Gasteiger partial charge is 0.493 e. The number of nitrogens with zero attached hydrogens (tertiary/aromatic N) is 7. The molecule has 0 saturated carbocycles. The molecule has 6 heterocycles. The number of carbonyl (C=O) groups is 11. The highest BCUT2D eigenvalue weighted by Crippen LogP contribution is 2.40. The Kier molecular flexibility index (Phi) is 20.2. The molecule has 0 aliphatic carbocycles. The summed E-state index contributed by atoms with van der Waals surface area (Å²) in [6, 6.07) is 23.6. The fourth-order valence-corrected chi connectivity index (χ4v) is 12.2. The standard InChI is InChI=1S/C68H70N10O15S/c1-38-25-54-66(88)78(68(90)92-36-43-12-10-42(11-13-43)28-55(81)41(4)69-62(84)40(3)26-48(80)21-23-76-60(83)32-57(94-7)67(76)89)52-31-56(39(2)27-50(52)64(86)77(54)33-38)91-24-8-9-59(82)71-58-35-74(6)61(72-58)63(85)70-47-16-14-44(15-17-47)46-30-53(73(5)34-46)65(87)75-22-20-45-29-49(93-37-79)18-19-51(45)75/h10-20,22,27,29-31,34-35,37,40-41,54,57,66,88H,1,8-9,21,23-26,28,32-33,36H2,2-7H3,(H,69,84)(H,70,85)(H,71,82)/t40-,41+,54+,57?,66+/m1/s1. The van der Waals surface area contributed by atoms with Gasteiger partial charge in [-0.3, -0.25) is 57.4 Å². The number of rotatable bonds is 25. The number of aryl methyl sites for hydroxylation is 3. The van der Waals surface area contributed by atoms with Crippen LogP contribution in [-0.4, -0.2) is 149 Å². The molecule has 2 saturated heterocycles. The van der Waals surface area contributed by atoms with Crippen LogP contribution >= 0.6 is 11.8 Å². The Morgan fingerprint density at radius 3 is 2.33 bits per heavy atom. The van der Waals surface area contributed by atoms with Gasteiger partial charge in [0.2, 0.25) is 29.5 Å². The number of likely N-dealkylation sites (tertiary alicyclic amines) is 1. The molecule has 3 aromatic heterocycles. The maximum Gasteiger partial charge on any atom is 0.416 e. The van der Waals surface area contributed by atoms with Crippen LogP contribution in [-0.2, 0) is 65.4 Å². The summed E-state index contributed by atoms with van der Waals surface area (Å²) in [5.74, 6) is -3.31. The van der Waals surface area contributed by atoms with E-state index in [0.717, 1.165) is 26.3 Å². The average Bonchev–Trinajstić information content (AvgIpc) is 1.60. The lowest BCUT2D eigenvalue weighted by Gasteiger charge is -2.31. The number of aromatic nitrogens is 4. The van der Waals surface area contributed by atoms with Crippen molar-refractivity contribution in [3.8, 4) is 22.6 Å². The van der Waals surface area contributed by atoms with Crippen molar-refractivity contribution < 1.29 is 72.1 Å². The molecule has 5 atom stereocenters. The number of ether oxygens (including phenoxy) is 3. The van der Waals surface area contributed by atoms with Gasteiger partial charge in [-0.05, 0) is 104 Å². The zero-order chi connectivity index (χ0) is 67.2. The Bertz CT molecular complexity index is 4190. The highest BCUT2D eigenvalue weighted by atomic mass is 32.2. The topological polar surface area (TPSA) is 309 Å². The molecule has 7 aromatic rings. The first-order valence-electron chi connectivity index (χ1n) is 30.3. The van der Waals surface area contributed by atoms with Crippen molar-refractivity contribution in [3.05, 3.63) is 156 Å². The molecule has 4 aromatic carbocycles. The number of aliphatic hydroxyl groups is 1. The van der Waals surface area contributed by atoms with Crippen LogP contribution in [0.5, 0.6) is 11.5 Å². The number of ketones is 2. The van der Waals surface area contributed by atoms with Crippen LogP contribution in [0.15, 0.2) is 122 Å². The van der Waals surface area contributed by atoms with Gasteiger partial charge in [-0.1, -0.05) is 55.5 Å². The van der Waals surface area contributed by atoms with Crippen LogP contribution in [0.4, 0.5) is 22.0 Å². The van der Waals surface area contributed by atoms with Crippen molar-refractivity contribution in [2.75, 3.05) is 41.5 Å². The van der Waals surface area contributed by atoms with Crippen molar-refractivity contribution in [2.45, 2.75) is 95.9 Å². The zero-order valence-electron chi connectivity index (χ0n) is 52.5. The molecular formula is C68H70N10O15S. The lowest BCUT2D eigenvalue weighted by Crippen LogP contribution is -2.50. The first kappa shape index (κ1) is 66.5. The van der Waals surface area contributed by atoms with E-state index in [9.17, 15) is 57.8 Å². The Hall–Kier alpha value is -10.5. The molecule has 2 fully saturated rings. The molecule has 1 unspecified atom stereocenters. The smallest absolute Gasteiger partial charge is 0.416 e. The molecule has 3 aliphatic rings. The predicted octanol–water partition coefficient (Wildman–Crippen LogP) is 7.30. The summed E-state index contributed by atoms with van der Waals surface area (Å²) in [5, 5.41) is 20.4. The molecule has 10 rings (SSSR count). The third-order valence-electron chi connectivity index (χ3n) is 16.7. The van der Waals surface area contributed by atoms with E-state index in [1.807, 2.05) is 18.3 Å². The second-order valence-corrected chi connectivity index (χ2v) is 24.6. The van der Waals surface area contributed by atoms with Crippen molar-refractivity contribution in [2.24, 2.45) is 20.0 Å². The number of benzene rings is 4. The van der Waals surface area contributed by atoms with Crippen LogP contribution in [0.3, 0.4) is 0 Å². The molecule has 488 valence electrons. The Morgan fingerprint density at radius 2 is 1.61 bits per heavy atom. The second kappa shape index (κ2) is 28.6. The van der Waals surface area contributed by atoms with Gasteiger partial charge < -0.3 is 49.3 Å². The van der Waals surface area contributed by atoms with Gasteiger partial charge >= 0.3 is 6.09 Å². The minimum Gasteiger partial charge on any atom is -0.493 e. The van der Waals surface area contributed by atoms with Gasteiger partial charge in [0.1, 0.15) is 29.6 Å². The molecule has 0 bridgehead atoms. The summed E-state index contributed by atoms with van der Waals surface area (Å²) in [6.45, 7) is 9.11. The summed E-state index contributed by atoms with van der Waals surface area (Å²) >= 11 is 1.28. The summed E-state index contributed by atoms with van der Waals surface area (Å²) in [4.78, 5) is 151. The first-order valence-corrected chi connectivity index (χ1v) is 31.6. The summed E-state index contributed by atoms with van der Waals surface area (Å²) in [5.41, 5.74) is 5.66. The molecule has 94 heavy (non-hydrogen) atoms. The maximum atomic E-state index is 14.2. The number of thioether (sulfide) groups is 1. The van der Waals surface area contributed by atoms with Crippen LogP contribution in [0.25, 0.3) is 22.0 Å². The van der Waals surface area contributed by atoms with E-state index in [4.69, 9.17) is 14.2 Å². The lowest BCUT2D eigenvalue weighted by molar-refractivity contribution is -0.139. The molecule has 0 spiro atoms. The third-order valence-corrected chi connectivity index (χ3v) is 17.7. The van der Waals surface area contributed by atoms with Gasteiger partial charge in [-0.2, -0.15) is 11.8 Å². The number of hydrogen-bond acceptors (Lipinski definition) is 17. The average molecular weight is 1300 g/mol. The number of carbonyl (C=O) groups excluding carboxylic acids is 11. The fourth-order valence-electron chi connectivity index (χ4n) is 11.6. The molecule has 7 amide bonds. The van der Waals surface area contributed by atoms with E-state index in [2.05, 4.69) is 27.5 Å². The summed E-state index contributed by atoms with van der Waals surface area (Å²) < 4.78 is 21.6. The quantitative estimate of drug-likeness (QED) is 0.0189. The van der Waals surface area contributed by atoms with Gasteiger partial charge in [-0.15, -0.1) is 0 Å². The first-order chi connectivity index (χ1) is 45.0. The number of nitrogens with one attached hydrogen (secondary N) is 3. The number of anilines is 3. The molecule has 0 radical (unpaired) electrons. The summed E-state index contributed by atoms with van der Waals surface area (Å²) in [6.07, 6.45) is 4.51. The molecule has 4 N–H and O–H groups in total. The summed E-state index contributed by atoms with van der Waals surface area (Å²) in [7, 11) is 3.39. The van der Waals surface area contributed by atoms with Crippen LogP contribution in [0, 0.1) is 12.8 Å². The van der Waals surface area contributed by atoms with Crippen LogP contribution in [0.2, 0.25) is 0 Å². The molecule has 25 nitrogen and oxygen atoms in total. The zero-order valence-corrected chi connectivity index (χ0v) is 53.4. The minimum atomic E-state index is -1.55. The predicted molar refractivity (Wildman–Crippen MR) is 347 cm³/mol. The molecule has 26 heteroatoms. The van der Waals surface area contributed by atoms with E-state index in [0.29, 0.717) is 51.4 Å². The van der Waals surface area contributed by atoms with E-state index < -0.39 is 59.2 Å². The van der Waals surface area contributed by atoms with Crippen molar-refractivity contribution in [1.29, 1.82) is 0 Å². The highest BCUT2D eigenvalue weighted by Gasteiger charge is 2.46. The molecular weight excluding hydrogens is 1230 g/mol. The number of aliphatic hydroxyl groups excluding tert-OH is 1. The van der Waals surface area contributed by atoms with Crippen molar-refractivity contribution in [3.63, 3.8) is 0 Å². The Balaban J connectivity index is 0.696. The minimum absolute atomic E-state index is 0.0130. The maximum absolute atomic E-state index is 14.2. The van der Waals surface area contributed by atoms with Crippen LogP contribution < -0.4 is 30.3 Å². The van der Waals surface area contributed by atoms with Crippen molar-refractivity contribution in [1.82, 2.24) is 33.8 Å². The number of imide groups is 1. The monoisotopic (exact) mass is 1300 g/mol. The van der Waals surface area contributed by atoms with Crippen LogP contribution in [0.1, 0.15) is 101 Å². The Morgan fingerprint density at radius 1 is 0.862 bits per heavy atom. The number of hydrogen-bond donors (Lipinski definition) is 4. The number of fused-ring (bicyclic) bond motifs is 3. The van der Waals surface area contributed by atoms with Gasteiger partial charge in [0, 0.05) is 107 Å². The van der Waals surface area contributed by atoms with E-state index in [1.54, 1.807) is 125 Å². The number of imidazole rings is 1. The second-order valence-electron chi connectivity index (χ2n) is 23.6. The molecule has 3 aliphatic heterocycles. The van der Waals surface area contributed by atoms with Gasteiger partial charge in [-0.25, -0.2) is 14.7 Å².